The normalized spacial score (nSPS) is 25.1. The summed E-state index contributed by atoms with van der Waals surface area (Å²) in [7, 11) is 0. The van der Waals surface area contributed by atoms with E-state index in [1.165, 1.54) is 0 Å². The Kier molecular flexibility index (Phi) is 4.88. The highest BCUT2D eigenvalue weighted by atomic mass is 16.5. The largest absolute Gasteiger partial charge is 0.381 e. The monoisotopic (exact) mass is 452 g/mol. The van der Waals surface area contributed by atoms with Crippen LogP contribution in [0.3, 0.4) is 0 Å². The van der Waals surface area contributed by atoms with E-state index >= 15 is 0 Å². The van der Waals surface area contributed by atoms with Gasteiger partial charge >= 0.3 is 0 Å². The fourth-order valence-electron chi connectivity index (χ4n) is 4.44. The molecule has 2 saturated heterocycles. The van der Waals surface area contributed by atoms with Crippen LogP contribution in [0.5, 0.6) is 0 Å². The van der Waals surface area contributed by atoms with Gasteiger partial charge in [0.05, 0.1) is 18.7 Å². The van der Waals surface area contributed by atoms with Gasteiger partial charge in [0.1, 0.15) is 6.02 Å². The molecule has 3 aliphatic heterocycles. The average molecular weight is 453 g/mol. The molecule has 0 saturated carbocycles. The van der Waals surface area contributed by atoms with Crippen LogP contribution >= 0.6 is 0 Å². The molecule has 5 rings (SSSR count). The first kappa shape index (κ1) is 17.3. The predicted octanol–water partition coefficient (Wildman–Crippen LogP) is 1.89. The number of imide groups is 1. The van der Waals surface area contributed by atoms with E-state index in [0.29, 0.717) is 25.3 Å². The summed E-state index contributed by atoms with van der Waals surface area (Å²) in [6.07, 6.45) is -0.245. The Bertz CT molecular complexity index is 1280. The lowest BCUT2D eigenvalue weighted by Crippen LogP contribution is -2.52. The Hall–Kier alpha value is -3.23. The summed E-state index contributed by atoms with van der Waals surface area (Å²) < 4.78 is 39.3. The van der Waals surface area contributed by atoms with Gasteiger partial charge in [-0.3, -0.25) is 24.6 Å². The second kappa shape index (κ2) is 9.33. The highest BCUT2D eigenvalue weighted by Gasteiger charge is 2.39. The van der Waals surface area contributed by atoms with Crippen molar-refractivity contribution in [2.24, 2.45) is 0 Å². The molecule has 172 valence electrons. The van der Waals surface area contributed by atoms with Gasteiger partial charge in [-0.05, 0) is 29.6 Å². The Labute approximate surface area is 198 Å². The second-order valence-corrected chi connectivity index (χ2v) is 8.33. The molecule has 0 aromatic heterocycles. The lowest BCUT2D eigenvalue weighted by Gasteiger charge is -2.29. The van der Waals surface area contributed by atoms with E-state index in [4.69, 9.17) is 10.2 Å². The third-order valence-electron chi connectivity index (χ3n) is 6.26. The van der Waals surface area contributed by atoms with Crippen LogP contribution in [-0.4, -0.2) is 59.8 Å². The number of hydrogen-bond donors (Lipinski definition) is 2. The molecule has 3 heterocycles. The van der Waals surface area contributed by atoms with Gasteiger partial charge in [-0.2, -0.15) is 0 Å². The molecule has 2 aromatic rings. The van der Waals surface area contributed by atoms with E-state index in [1.54, 1.807) is 0 Å². The summed E-state index contributed by atoms with van der Waals surface area (Å²) in [5.74, 6) is -2.11. The van der Waals surface area contributed by atoms with Crippen molar-refractivity contribution in [2.45, 2.75) is 38.5 Å². The lowest BCUT2D eigenvalue weighted by molar-refractivity contribution is -0.136. The standard InChI is InChI=1S/C25H28N4O4/c30-23-9-8-22(24(31)27-23)29-16-20-19(25(29)32)6-3-7-21(20)26-14-17-4-1-2-5-18(17)15-28-10-12-33-13-11-28/h1-7,22,26H,8-16H2,(H,27,30,31)/i3D,6D,7D,22D. The Morgan fingerprint density at radius 1 is 1.15 bits per heavy atom. The van der Waals surface area contributed by atoms with Crippen LogP contribution in [-0.2, 0) is 34.0 Å². The van der Waals surface area contributed by atoms with Gasteiger partial charge in [0.15, 0.2) is 0 Å². The van der Waals surface area contributed by atoms with Crippen LogP contribution in [0.15, 0.2) is 42.4 Å². The number of fused-ring (bicyclic) bond motifs is 1. The van der Waals surface area contributed by atoms with Gasteiger partial charge in [0, 0.05) is 56.0 Å². The topological polar surface area (TPSA) is 91.0 Å². The van der Waals surface area contributed by atoms with Gasteiger partial charge in [-0.25, -0.2) is 0 Å². The fourth-order valence-corrected chi connectivity index (χ4v) is 4.44. The first-order valence-electron chi connectivity index (χ1n) is 13.1. The number of nitrogens with zero attached hydrogens (tertiary/aromatic N) is 2. The molecule has 33 heavy (non-hydrogen) atoms. The van der Waals surface area contributed by atoms with Crippen molar-refractivity contribution in [3.8, 4) is 0 Å². The van der Waals surface area contributed by atoms with Crippen LogP contribution in [0.4, 0.5) is 5.69 Å². The van der Waals surface area contributed by atoms with Crippen LogP contribution in [0.25, 0.3) is 0 Å². The van der Waals surface area contributed by atoms with Gasteiger partial charge < -0.3 is 15.0 Å². The first-order valence-corrected chi connectivity index (χ1v) is 11.1. The quantitative estimate of drug-likeness (QED) is 0.651. The number of hydrogen-bond acceptors (Lipinski definition) is 6. The molecule has 3 aliphatic rings. The minimum Gasteiger partial charge on any atom is -0.381 e. The van der Waals surface area contributed by atoms with Crippen molar-refractivity contribution in [2.75, 3.05) is 31.6 Å². The third kappa shape index (κ3) is 4.49. The first-order chi connectivity index (χ1) is 17.7. The summed E-state index contributed by atoms with van der Waals surface area (Å²) in [6, 6.07) is 4.88. The third-order valence-corrected chi connectivity index (χ3v) is 6.26. The second-order valence-electron chi connectivity index (χ2n) is 8.33. The summed E-state index contributed by atoms with van der Waals surface area (Å²) in [5.41, 5.74) is 2.57. The van der Waals surface area contributed by atoms with Crippen LogP contribution in [0.1, 0.15) is 45.4 Å². The van der Waals surface area contributed by atoms with E-state index in [-0.39, 0.29) is 36.7 Å². The molecule has 8 heteroatoms. The molecule has 0 radical (unpaired) electrons. The van der Waals surface area contributed by atoms with Crippen LogP contribution < -0.4 is 10.6 Å². The Morgan fingerprint density at radius 3 is 2.73 bits per heavy atom. The summed E-state index contributed by atoms with van der Waals surface area (Å²) >= 11 is 0. The zero-order valence-electron chi connectivity index (χ0n) is 22.2. The van der Waals surface area contributed by atoms with Gasteiger partial charge in [0.25, 0.3) is 5.91 Å². The zero-order valence-corrected chi connectivity index (χ0v) is 18.2. The Morgan fingerprint density at radius 2 is 1.94 bits per heavy atom. The van der Waals surface area contributed by atoms with E-state index < -0.39 is 35.8 Å². The van der Waals surface area contributed by atoms with E-state index in [9.17, 15) is 14.4 Å². The fraction of sp³-hybridized carbons (Fsp3) is 0.400. The van der Waals surface area contributed by atoms with Crippen molar-refractivity contribution < 1.29 is 24.6 Å². The van der Waals surface area contributed by atoms with E-state index in [2.05, 4.69) is 15.5 Å². The molecule has 3 amide bonds. The van der Waals surface area contributed by atoms with E-state index in [0.717, 1.165) is 35.7 Å². The van der Waals surface area contributed by atoms with Gasteiger partial charge in [0.2, 0.25) is 11.8 Å². The maximum atomic E-state index is 13.3. The highest BCUT2D eigenvalue weighted by Crippen LogP contribution is 2.32. The number of amides is 3. The number of nitrogens with one attached hydrogen (secondary N) is 2. The molecule has 2 fully saturated rings. The maximum Gasteiger partial charge on any atom is 0.255 e. The number of ether oxygens (including phenoxy) is 1. The summed E-state index contributed by atoms with van der Waals surface area (Å²) in [5, 5.41) is 5.35. The van der Waals surface area contributed by atoms with E-state index in [1.807, 2.05) is 24.3 Å². The van der Waals surface area contributed by atoms with Crippen LogP contribution in [0, 0.1) is 0 Å². The molecule has 1 unspecified atom stereocenters. The number of anilines is 1. The number of morpholine rings is 1. The maximum absolute atomic E-state index is 13.3. The molecule has 0 aliphatic carbocycles. The minimum absolute atomic E-state index is 0.0818. The molecule has 1 atom stereocenters. The lowest BCUT2D eigenvalue weighted by atomic mass is 10.0. The number of carbonyl (C=O) groups excluding carboxylic acids is 3. The Balaban J connectivity index is 1.44. The molecular formula is C25H28N4O4. The summed E-state index contributed by atoms with van der Waals surface area (Å²) in [6.45, 7) is 3.95. The SMILES string of the molecule is [2H]c1c([2H])c(NCc2ccccc2CN2CCOCC2)c2c(c1[2H])C(=O)N(C1([2H])CCC(=O)NC1=O)C2. The number of rotatable bonds is 6. The summed E-state index contributed by atoms with van der Waals surface area (Å²) in [4.78, 5) is 40.9. The van der Waals surface area contributed by atoms with Gasteiger partial charge in [-0.15, -0.1) is 0 Å². The molecule has 0 bridgehead atoms. The molecule has 0 spiro atoms. The van der Waals surface area contributed by atoms with Crippen molar-refractivity contribution in [3.05, 3.63) is 64.6 Å². The average Bonchev–Trinajstić information content (AvgIpc) is 3.24. The molecule has 2 N–H and O–H groups in total. The number of piperidine rings is 1. The van der Waals surface area contributed by atoms with Crippen LogP contribution in [0.2, 0.25) is 0 Å². The predicted molar refractivity (Wildman–Crippen MR) is 122 cm³/mol. The van der Waals surface area contributed by atoms with Crippen molar-refractivity contribution >= 4 is 23.4 Å². The van der Waals surface area contributed by atoms with Crippen molar-refractivity contribution in [3.63, 3.8) is 0 Å². The van der Waals surface area contributed by atoms with Crippen molar-refractivity contribution in [1.29, 1.82) is 0 Å². The molecule has 2 aromatic carbocycles. The zero-order chi connectivity index (χ0) is 26.3. The molecular weight excluding hydrogens is 420 g/mol. The highest BCUT2D eigenvalue weighted by molar-refractivity contribution is 6.06. The minimum atomic E-state index is -2.01. The van der Waals surface area contributed by atoms with Gasteiger partial charge in [-0.1, -0.05) is 30.3 Å². The van der Waals surface area contributed by atoms with Crippen molar-refractivity contribution in [1.82, 2.24) is 15.1 Å². The number of benzene rings is 2. The number of carbonyl (C=O) groups is 3. The smallest absolute Gasteiger partial charge is 0.255 e. The molecule has 8 nitrogen and oxygen atoms in total.